The molecule has 0 atom stereocenters. The van der Waals surface area contributed by atoms with Crippen molar-refractivity contribution in [3.8, 4) is 0 Å². The summed E-state index contributed by atoms with van der Waals surface area (Å²) in [5, 5.41) is 14.8. The van der Waals surface area contributed by atoms with Crippen molar-refractivity contribution in [1.82, 2.24) is 5.43 Å². The molecular weight excluding hydrogens is 316 g/mol. The molecule has 2 amide bonds. The second kappa shape index (κ2) is 7.41. The average Bonchev–Trinajstić information content (AvgIpc) is 2.50. The van der Waals surface area contributed by atoms with Gasteiger partial charge in [0.25, 0.3) is 5.69 Å². The van der Waals surface area contributed by atoms with Crippen LogP contribution in [-0.4, -0.2) is 17.2 Å². The number of aryl methyl sites for hydroxylation is 1. The Morgan fingerprint density at radius 2 is 2.00 bits per heavy atom. The molecule has 0 heterocycles. The first-order chi connectivity index (χ1) is 11.0. The number of nitrogens with two attached hydrogens (primary N) is 1. The second-order valence-electron chi connectivity index (χ2n) is 4.63. The van der Waals surface area contributed by atoms with Crippen LogP contribution in [-0.2, 0) is 0 Å². The van der Waals surface area contributed by atoms with Crippen LogP contribution in [0.2, 0.25) is 0 Å². The number of nitrogens with zero attached hydrogens (tertiary/aromatic N) is 2. The molecule has 2 rings (SSSR count). The summed E-state index contributed by atoms with van der Waals surface area (Å²) in [7, 11) is 0. The smallest absolute Gasteiger partial charge is 0.332 e. The van der Waals surface area contributed by atoms with E-state index in [1.165, 1.54) is 24.0 Å². The Kier molecular flexibility index (Phi) is 5.32. The van der Waals surface area contributed by atoms with Crippen LogP contribution in [0.4, 0.5) is 10.5 Å². The number of amides is 2. The molecule has 0 aliphatic carbocycles. The van der Waals surface area contributed by atoms with Gasteiger partial charge in [0.15, 0.2) is 0 Å². The summed E-state index contributed by atoms with van der Waals surface area (Å²) < 4.78 is 0. The predicted molar refractivity (Wildman–Crippen MR) is 88.7 cm³/mol. The molecule has 0 spiro atoms. The maximum Gasteiger partial charge on any atom is 0.332 e. The van der Waals surface area contributed by atoms with E-state index in [-0.39, 0.29) is 5.69 Å². The van der Waals surface area contributed by atoms with Crippen molar-refractivity contribution in [1.29, 1.82) is 0 Å². The summed E-state index contributed by atoms with van der Waals surface area (Å²) in [4.78, 5) is 22.8. The van der Waals surface area contributed by atoms with Crippen LogP contribution in [0.15, 0.2) is 57.4 Å². The van der Waals surface area contributed by atoms with Crippen molar-refractivity contribution in [2.45, 2.75) is 16.7 Å². The lowest BCUT2D eigenvalue weighted by molar-refractivity contribution is -0.387. The van der Waals surface area contributed by atoms with Crippen molar-refractivity contribution in [3.63, 3.8) is 0 Å². The highest BCUT2D eigenvalue weighted by Crippen LogP contribution is 2.35. The molecule has 0 saturated heterocycles. The lowest BCUT2D eigenvalue weighted by Gasteiger charge is -2.04. The lowest BCUT2D eigenvalue weighted by Crippen LogP contribution is -2.24. The molecule has 0 saturated carbocycles. The first kappa shape index (κ1) is 16.5. The van der Waals surface area contributed by atoms with Crippen LogP contribution in [0.3, 0.4) is 0 Å². The quantitative estimate of drug-likeness (QED) is 0.498. The topological polar surface area (TPSA) is 111 Å². The molecule has 2 aromatic carbocycles. The standard InChI is InChI=1S/C15H14N4O3S/c1-10-2-5-12(6-3-10)23-14-7-4-11(8-13(14)19(21)22)9-17-18-15(16)20/h2-9H,1H3,(H3,16,18,20)/b17-9+. The zero-order valence-electron chi connectivity index (χ0n) is 12.2. The normalized spacial score (nSPS) is 10.7. The zero-order chi connectivity index (χ0) is 16.8. The molecule has 7 nitrogen and oxygen atoms in total. The van der Waals surface area contributed by atoms with Gasteiger partial charge in [-0.2, -0.15) is 5.10 Å². The van der Waals surface area contributed by atoms with E-state index in [0.29, 0.717) is 10.5 Å². The summed E-state index contributed by atoms with van der Waals surface area (Å²) in [6.07, 6.45) is 1.29. The van der Waals surface area contributed by atoms with Crippen LogP contribution in [0.1, 0.15) is 11.1 Å². The Balaban J connectivity index is 2.25. The summed E-state index contributed by atoms with van der Waals surface area (Å²) in [6, 6.07) is 11.6. The molecule has 0 aromatic heterocycles. The van der Waals surface area contributed by atoms with Crippen molar-refractivity contribution in [2.24, 2.45) is 10.8 Å². The van der Waals surface area contributed by atoms with Gasteiger partial charge in [-0.05, 0) is 25.1 Å². The van der Waals surface area contributed by atoms with Crippen LogP contribution < -0.4 is 11.2 Å². The molecule has 0 radical (unpaired) electrons. The lowest BCUT2D eigenvalue weighted by atomic mass is 10.2. The maximum atomic E-state index is 11.3. The first-order valence-corrected chi connectivity index (χ1v) is 7.39. The molecular formula is C15H14N4O3S. The monoisotopic (exact) mass is 330 g/mol. The van der Waals surface area contributed by atoms with Gasteiger partial charge in [-0.15, -0.1) is 0 Å². The Labute approximate surface area is 136 Å². The van der Waals surface area contributed by atoms with Crippen LogP contribution >= 0.6 is 11.8 Å². The Bertz CT molecular complexity index is 760. The summed E-state index contributed by atoms with van der Waals surface area (Å²) in [6.45, 7) is 1.98. The van der Waals surface area contributed by atoms with Gasteiger partial charge in [0, 0.05) is 16.5 Å². The van der Waals surface area contributed by atoms with Gasteiger partial charge >= 0.3 is 6.03 Å². The average molecular weight is 330 g/mol. The summed E-state index contributed by atoms with van der Waals surface area (Å²) >= 11 is 1.31. The van der Waals surface area contributed by atoms with Crippen LogP contribution in [0, 0.1) is 17.0 Å². The minimum absolute atomic E-state index is 0.0291. The third kappa shape index (κ3) is 4.82. The number of nitrogens with one attached hydrogen (secondary N) is 1. The molecule has 0 aliphatic heterocycles. The maximum absolute atomic E-state index is 11.3. The number of rotatable bonds is 5. The Morgan fingerprint density at radius 3 is 2.61 bits per heavy atom. The Morgan fingerprint density at radius 1 is 1.30 bits per heavy atom. The Hall–Kier alpha value is -2.87. The number of urea groups is 1. The van der Waals surface area contributed by atoms with E-state index >= 15 is 0 Å². The van der Waals surface area contributed by atoms with Gasteiger partial charge in [-0.3, -0.25) is 10.1 Å². The minimum atomic E-state index is -0.803. The summed E-state index contributed by atoms with van der Waals surface area (Å²) in [5.74, 6) is 0. The fourth-order valence-corrected chi connectivity index (χ4v) is 2.65. The van der Waals surface area contributed by atoms with E-state index in [9.17, 15) is 14.9 Å². The van der Waals surface area contributed by atoms with Crippen molar-refractivity contribution in [2.75, 3.05) is 0 Å². The zero-order valence-corrected chi connectivity index (χ0v) is 13.0. The van der Waals surface area contributed by atoms with Gasteiger partial charge in [0.2, 0.25) is 0 Å². The number of hydrogen-bond donors (Lipinski definition) is 2. The number of hydrazone groups is 1. The number of hydrogen-bond acceptors (Lipinski definition) is 5. The first-order valence-electron chi connectivity index (χ1n) is 6.57. The van der Waals surface area contributed by atoms with E-state index in [1.54, 1.807) is 12.1 Å². The highest BCUT2D eigenvalue weighted by molar-refractivity contribution is 7.99. The van der Waals surface area contributed by atoms with E-state index < -0.39 is 11.0 Å². The molecule has 2 aromatic rings. The van der Waals surface area contributed by atoms with Crippen LogP contribution in [0.25, 0.3) is 0 Å². The molecule has 0 fully saturated rings. The third-order valence-corrected chi connectivity index (χ3v) is 3.89. The molecule has 0 bridgehead atoms. The van der Waals surface area contributed by atoms with Crippen LogP contribution in [0.5, 0.6) is 0 Å². The van der Waals surface area contributed by atoms with Gasteiger partial charge < -0.3 is 5.73 Å². The number of benzene rings is 2. The minimum Gasteiger partial charge on any atom is -0.350 e. The van der Waals surface area contributed by atoms with Gasteiger partial charge in [-0.25, -0.2) is 10.2 Å². The number of nitro benzene ring substituents is 1. The largest absolute Gasteiger partial charge is 0.350 e. The molecule has 0 unspecified atom stereocenters. The van der Waals surface area contributed by atoms with Crippen molar-refractivity contribution in [3.05, 3.63) is 63.7 Å². The van der Waals surface area contributed by atoms with Crippen molar-refractivity contribution >= 4 is 29.7 Å². The number of nitro groups is 1. The highest BCUT2D eigenvalue weighted by Gasteiger charge is 2.15. The molecule has 3 N–H and O–H groups in total. The van der Waals surface area contributed by atoms with E-state index in [2.05, 4.69) is 5.10 Å². The fraction of sp³-hybridized carbons (Fsp3) is 0.0667. The van der Waals surface area contributed by atoms with E-state index in [4.69, 9.17) is 5.73 Å². The molecule has 0 aliphatic rings. The molecule has 8 heteroatoms. The van der Waals surface area contributed by atoms with Crippen molar-refractivity contribution < 1.29 is 9.72 Å². The third-order valence-electron chi connectivity index (χ3n) is 2.82. The fourth-order valence-electron chi connectivity index (χ4n) is 1.75. The second-order valence-corrected chi connectivity index (χ2v) is 5.75. The van der Waals surface area contributed by atoms with Gasteiger partial charge in [-0.1, -0.05) is 35.5 Å². The van der Waals surface area contributed by atoms with E-state index in [0.717, 1.165) is 10.5 Å². The predicted octanol–water partition coefficient (Wildman–Crippen LogP) is 3.06. The number of primary amides is 1. The van der Waals surface area contributed by atoms with Gasteiger partial charge in [0.1, 0.15) is 0 Å². The number of carbonyl (C=O) groups excluding carboxylic acids is 1. The number of carbonyl (C=O) groups is 1. The van der Waals surface area contributed by atoms with E-state index in [1.807, 2.05) is 36.6 Å². The van der Waals surface area contributed by atoms with Gasteiger partial charge in [0.05, 0.1) is 16.0 Å². The molecule has 118 valence electrons. The highest BCUT2D eigenvalue weighted by atomic mass is 32.2. The SMILES string of the molecule is Cc1ccc(Sc2ccc(/C=N/NC(N)=O)cc2[N+](=O)[O-])cc1. The molecule has 23 heavy (non-hydrogen) atoms. The summed E-state index contributed by atoms with van der Waals surface area (Å²) in [5.41, 5.74) is 8.49.